The molecule has 2 aromatic carbocycles. The van der Waals surface area contributed by atoms with Gasteiger partial charge in [-0.1, -0.05) is 54.2 Å². The number of nitrogens with one attached hydrogen (secondary N) is 1. The van der Waals surface area contributed by atoms with Gasteiger partial charge in [0.15, 0.2) is 5.16 Å². The Bertz CT molecular complexity index is 901. The highest BCUT2D eigenvalue weighted by Crippen LogP contribution is 2.39. The predicted octanol–water partition coefficient (Wildman–Crippen LogP) is 4.09. The minimum Gasteiger partial charge on any atom is -0.325 e. The third-order valence-corrected chi connectivity index (χ3v) is 5.44. The van der Waals surface area contributed by atoms with Crippen molar-refractivity contribution in [3.8, 4) is 11.1 Å². The van der Waals surface area contributed by atoms with E-state index in [4.69, 9.17) is 0 Å². The summed E-state index contributed by atoms with van der Waals surface area (Å²) in [5, 5.41) is 12.2. The minimum absolute atomic E-state index is 0.0431. The summed E-state index contributed by atoms with van der Waals surface area (Å²) in [6.07, 6.45) is 2.38. The molecule has 0 atom stereocenters. The molecule has 3 aromatic rings. The first-order valence-electron chi connectivity index (χ1n) is 8.68. The van der Waals surface area contributed by atoms with E-state index in [-0.39, 0.29) is 5.91 Å². The zero-order valence-electron chi connectivity index (χ0n) is 14.6. The Morgan fingerprint density at radius 2 is 1.77 bits per heavy atom. The van der Waals surface area contributed by atoms with E-state index in [0.717, 1.165) is 27.8 Å². The first kappa shape index (κ1) is 16.8. The highest BCUT2D eigenvalue weighted by Gasteiger charge is 2.29. The number of anilines is 1. The summed E-state index contributed by atoms with van der Waals surface area (Å²) in [6, 6.07) is 18.1. The van der Waals surface area contributed by atoms with Crippen LogP contribution < -0.4 is 5.32 Å². The van der Waals surface area contributed by atoms with Crippen molar-refractivity contribution in [2.24, 2.45) is 7.05 Å². The van der Waals surface area contributed by atoms with Crippen molar-refractivity contribution in [1.82, 2.24) is 14.8 Å². The summed E-state index contributed by atoms with van der Waals surface area (Å²) in [5.74, 6) is 1.86. The van der Waals surface area contributed by atoms with Crippen LogP contribution in [0.5, 0.6) is 0 Å². The molecule has 0 saturated heterocycles. The molecule has 0 bridgehead atoms. The highest BCUT2D eigenvalue weighted by atomic mass is 32.2. The van der Waals surface area contributed by atoms with Crippen LogP contribution in [0.2, 0.25) is 0 Å². The van der Waals surface area contributed by atoms with Crippen LogP contribution in [0.1, 0.15) is 24.6 Å². The third kappa shape index (κ3) is 3.80. The first-order valence-corrected chi connectivity index (χ1v) is 9.66. The second kappa shape index (κ2) is 7.33. The molecule has 1 N–H and O–H groups in total. The SMILES string of the molecule is Cn1c(SCC(=O)Nc2ccc(-c3ccccc3)cc2)nnc1C1CC1. The fourth-order valence-electron chi connectivity index (χ4n) is 2.85. The molecule has 1 aromatic heterocycles. The largest absolute Gasteiger partial charge is 0.325 e. The van der Waals surface area contributed by atoms with Crippen LogP contribution in [0.25, 0.3) is 11.1 Å². The molecule has 1 aliphatic carbocycles. The third-order valence-electron chi connectivity index (χ3n) is 4.42. The second-order valence-corrected chi connectivity index (χ2v) is 7.40. The van der Waals surface area contributed by atoms with Gasteiger partial charge in [0.25, 0.3) is 0 Å². The number of rotatable bonds is 6. The number of aromatic nitrogens is 3. The van der Waals surface area contributed by atoms with Crippen molar-refractivity contribution in [3.05, 3.63) is 60.4 Å². The van der Waals surface area contributed by atoms with Crippen molar-refractivity contribution in [3.63, 3.8) is 0 Å². The Labute approximate surface area is 156 Å². The summed E-state index contributed by atoms with van der Waals surface area (Å²) in [6.45, 7) is 0. The summed E-state index contributed by atoms with van der Waals surface area (Å²) >= 11 is 1.42. The Kier molecular flexibility index (Phi) is 4.75. The van der Waals surface area contributed by atoms with Gasteiger partial charge in [-0.2, -0.15) is 0 Å². The van der Waals surface area contributed by atoms with Gasteiger partial charge in [0.05, 0.1) is 5.75 Å². The zero-order chi connectivity index (χ0) is 17.9. The van der Waals surface area contributed by atoms with E-state index in [1.54, 1.807) is 0 Å². The van der Waals surface area contributed by atoms with Crippen molar-refractivity contribution in [1.29, 1.82) is 0 Å². The number of hydrogen-bond donors (Lipinski definition) is 1. The van der Waals surface area contributed by atoms with Gasteiger partial charge in [-0.15, -0.1) is 10.2 Å². The predicted molar refractivity (Wildman–Crippen MR) is 104 cm³/mol. The maximum absolute atomic E-state index is 12.2. The first-order chi connectivity index (χ1) is 12.7. The van der Waals surface area contributed by atoms with Gasteiger partial charge < -0.3 is 9.88 Å². The van der Waals surface area contributed by atoms with Gasteiger partial charge in [0.2, 0.25) is 5.91 Å². The molecular weight excluding hydrogens is 344 g/mol. The van der Waals surface area contributed by atoms with E-state index in [9.17, 15) is 4.79 Å². The Hall–Kier alpha value is -2.60. The highest BCUT2D eigenvalue weighted by molar-refractivity contribution is 7.99. The van der Waals surface area contributed by atoms with Gasteiger partial charge in [0, 0.05) is 18.7 Å². The number of benzene rings is 2. The quantitative estimate of drug-likeness (QED) is 0.669. The van der Waals surface area contributed by atoms with E-state index in [1.807, 2.05) is 54.1 Å². The maximum atomic E-state index is 12.2. The van der Waals surface area contributed by atoms with Crippen LogP contribution in [0.4, 0.5) is 5.69 Å². The van der Waals surface area contributed by atoms with E-state index < -0.39 is 0 Å². The lowest BCUT2D eigenvalue weighted by atomic mass is 10.1. The number of thioether (sulfide) groups is 1. The Morgan fingerprint density at radius 3 is 2.46 bits per heavy atom. The van der Waals surface area contributed by atoms with Gasteiger partial charge in [-0.3, -0.25) is 4.79 Å². The van der Waals surface area contributed by atoms with Crippen LogP contribution in [0.3, 0.4) is 0 Å². The summed E-state index contributed by atoms with van der Waals surface area (Å²) in [5.41, 5.74) is 3.09. The Balaban J connectivity index is 1.33. The molecule has 26 heavy (non-hydrogen) atoms. The molecule has 0 unspecified atom stereocenters. The van der Waals surface area contributed by atoms with E-state index in [1.165, 1.54) is 24.6 Å². The molecular formula is C20H20N4OS. The summed E-state index contributed by atoms with van der Waals surface area (Å²) < 4.78 is 2.00. The van der Waals surface area contributed by atoms with Gasteiger partial charge in [0.1, 0.15) is 5.82 Å². The molecule has 1 saturated carbocycles. The van der Waals surface area contributed by atoms with Gasteiger partial charge in [-0.05, 0) is 36.1 Å². The molecule has 0 aliphatic heterocycles. The van der Waals surface area contributed by atoms with Crippen LogP contribution >= 0.6 is 11.8 Å². The number of carbonyl (C=O) groups excluding carboxylic acids is 1. The minimum atomic E-state index is -0.0431. The molecule has 0 spiro atoms. The van der Waals surface area contributed by atoms with Crippen LogP contribution in [-0.4, -0.2) is 26.4 Å². The van der Waals surface area contributed by atoms with E-state index in [0.29, 0.717) is 11.7 Å². The molecule has 1 aliphatic rings. The lowest BCUT2D eigenvalue weighted by Crippen LogP contribution is -2.14. The Morgan fingerprint density at radius 1 is 1.08 bits per heavy atom. The van der Waals surface area contributed by atoms with Crippen LogP contribution in [0, 0.1) is 0 Å². The van der Waals surface area contributed by atoms with Gasteiger partial charge >= 0.3 is 0 Å². The average molecular weight is 364 g/mol. The second-order valence-electron chi connectivity index (χ2n) is 6.45. The van der Waals surface area contributed by atoms with Crippen molar-refractivity contribution >= 4 is 23.4 Å². The molecule has 1 fully saturated rings. The van der Waals surface area contributed by atoms with E-state index >= 15 is 0 Å². The summed E-state index contributed by atoms with van der Waals surface area (Å²) in [7, 11) is 1.97. The molecule has 1 heterocycles. The molecule has 0 radical (unpaired) electrons. The maximum Gasteiger partial charge on any atom is 0.234 e. The van der Waals surface area contributed by atoms with Crippen molar-refractivity contribution < 1.29 is 4.79 Å². The molecule has 132 valence electrons. The fraction of sp³-hybridized carbons (Fsp3) is 0.250. The number of nitrogens with zero attached hydrogens (tertiary/aromatic N) is 3. The smallest absolute Gasteiger partial charge is 0.234 e. The molecule has 6 heteroatoms. The normalized spacial score (nSPS) is 13.6. The summed E-state index contributed by atoms with van der Waals surface area (Å²) in [4.78, 5) is 12.2. The molecule has 4 rings (SSSR count). The average Bonchev–Trinajstić information content (AvgIpc) is 3.45. The van der Waals surface area contributed by atoms with E-state index in [2.05, 4.69) is 27.6 Å². The number of amides is 1. The lowest BCUT2D eigenvalue weighted by Gasteiger charge is -2.07. The topological polar surface area (TPSA) is 59.8 Å². The molecule has 1 amide bonds. The van der Waals surface area contributed by atoms with Crippen LogP contribution in [0.15, 0.2) is 59.8 Å². The van der Waals surface area contributed by atoms with Crippen molar-refractivity contribution in [2.75, 3.05) is 11.1 Å². The lowest BCUT2D eigenvalue weighted by molar-refractivity contribution is -0.113. The van der Waals surface area contributed by atoms with Crippen LogP contribution in [-0.2, 0) is 11.8 Å². The number of hydrogen-bond acceptors (Lipinski definition) is 4. The van der Waals surface area contributed by atoms with Crippen molar-refractivity contribution in [2.45, 2.75) is 23.9 Å². The monoisotopic (exact) mass is 364 g/mol. The van der Waals surface area contributed by atoms with Gasteiger partial charge in [-0.25, -0.2) is 0 Å². The fourth-order valence-corrected chi connectivity index (χ4v) is 3.57. The zero-order valence-corrected chi connectivity index (χ0v) is 15.4. The number of carbonyl (C=O) groups is 1. The molecule has 5 nitrogen and oxygen atoms in total. The standard InChI is InChI=1S/C20H20N4OS/c1-24-19(16-7-8-16)22-23-20(24)26-13-18(25)21-17-11-9-15(10-12-17)14-5-3-2-4-6-14/h2-6,9-12,16H,7-8,13H2,1H3,(H,21,25).